The number of rotatable bonds is 4. The molecule has 0 radical (unpaired) electrons. The molecule has 1 unspecified atom stereocenters. The predicted molar refractivity (Wildman–Crippen MR) is 76.0 cm³/mol. The molecule has 0 saturated carbocycles. The number of benzene rings is 1. The molecular weight excluding hydrogens is 292 g/mol. The second kappa shape index (κ2) is 5.92. The van der Waals surface area contributed by atoms with Crippen LogP contribution in [0.2, 0.25) is 0 Å². The molecule has 0 aliphatic heterocycles. The van der Waals surface area contributed by atoms with Crippen molar-refractivity contribution in [3.63, 3.8) is 0 Å². The van der Waals surface area contributed by atoms with Gasteiger partial charge >= 0.3 is 5.97 Å². The first-order valence-corrected chi connectivity index (χ1v) is 7.51. The van der Waals surface area contributed by atoms with E-state index in [1.165, 1.54) is 50.9 Å². The zero-order chi connectivity index (χ0) is 15.5. The number of carbonyl (C=O) groups is 1. The summed E-state index contributed by atoms with van der Waals surface area (Å²) in [5.41, 5.74) is 0.328. The molecule has 2 aromatic rings. The van der Waals surface area contributed by atoms with Crippen LogP contribution in [0.4, 0.5) is 0 Å². The number of pyridine rings is 1. The molecule has 6 nitrogen and oxygen atoms in total. The van der Waals surface area contributed by atoms with Crippen LogP contribution in [0.5, 0.6) is 5.75 Å². The van der Waals surface area contributed by atoms with Crippen LogP contribution in [0.25, 0.3) is 0 Å². The maximum absolute atomic E-state index is 12.8. The Morgan fingerprint density at radius 2 is 1.86 bits per heavy atom. The summed E-state index contributed by atoms with van der Waals surface area (Å²) in [6, 6.07) is 7.42. The molecule has 110 valence electrons. The molecule has 2 rings (SSSR count). The van der Waals surface area contributed by atoms with Crippen LogP contribution in [0.3, 0.4) is 0 Å². The van der Waals surface area contributed by atoms with Crippen molar-refractivity contribution < 1.29 is 18.5 Å². The van der Waals surface area contributed by atoms with Gasteiger partial charge in [0.1, 0.15) is 20.4 Å². The Morgan fingerprint density at radius 1 is 1.19 bits per heavy atom. The van der Waals surface area contributed by atoms with Crippen molar-refractivity contribution in [2.75, 3.05) is 14.2 Å². The summed E-state index contributed by atoms with van der Waals surface area (Å²) in [5.74, 6) is -0.154. The summed E-state index contributed by atoms with van der Waals surface area (Å²) in [6.45, 7) is 0. The van der Waals surface area contributed by atoms with Crippen LogP contribution >= 0.6 is 0 Å². The van der Waals surface area contributed by atoms with E-state index >= 15 is 0 Å². The Bertz CT molecular complexity index is 755. The van der Waals surface area contributed by atoms with Crippen LogP contribution in [-0.4, -0.2) is 29.4 Å². The van der Waals surface area contributed by atoms with E-state index in [0.717, 1.165) is 0 Å². The number of ether oxygens (including phenoxy) is 2. The molecule has 21 heavy (non-hydrogen) atoms. The molecule has 7 heteroatoms. The molecule has 0 spiro atoms. The fourth-order valence-electron chi connectivity index (χ4n) is 1.78. The lowest BCUT2D eigenvalue weighted by atomic mass is 10.2. The van der Waals surface area contributed by atoms with Crippen molar-refractivity contribution in [1.29, 1.82) is 4.78 Å². The summed E-state index contributed by atoms with van der Waals surface area (Å²) in [4.78, 5) is 15.7. The fraction of sp³-hybridized carbons (Fsp3) is 0.143. The van der Waals surface area contributed by atoms with Crippen molar-refractivity contribution >= 4 is 15.7 Å². The normalized spacial score (nSPS) is 13.2. The largest absolute Gasteiger partial charge is 0.495 e. The van der Waals surface area contributed by atoms with Crippen LogP contribution in [-0.2, 0) is 14.5 Å². The number of hydrogen-bond donors (Lipinski definition) is 1. The third-order valence-electron chi connectivity index (χ3n) is 2.88. The third kappa shape index (κ3) is 2.87. The Balaban J connectivity index is 2.47. The smallest absolute Gasteiger partial charge is 0.337 e. The quantitative estimate of drug-likeness (QED) is 0.876. The zero-order valence-electron chi connectivity index (χ0n) is 11.5. The van der Waals surface area contributed by atoms with Crippen molar-refractivity contribution in [3.8, 4) is 5.75 Å². The van der Waals surface area contributed by atoms with Gasteiger partial charge in [0, 0.05) is 12.4 Å². The van der Waals surface area contributed by atoms with Crippen molar-refractivity contribution in [3.05, 3.63) is 48.3 Å². The second-order valence-electron chi connectivity index (χ2n) is 4.10. The SMILES string of the molecule is COC(=O)c1ccc(S(=N)(=O)c2cnccc2OC)cc1. The molecule has 0 saturated heterocycles. The summed E-state index contributed by atoms with van der Waals surface area (Å²) in [6.07, 6.45) is 2.85. The minimum atomic E-state index is -3.27. The van der Waals surface area contributed by atoms with Crippen LogP contribution in [0, 0.1) is 4.78 Å². The Labute approximate surface area is 122 Å². The minimum absolute atomic E-state index is 0.193. The summed E-state index contributed by atoms with van der Waals surface area (Å²) in [7, 11) is -0.549. The summed E-state index contributed by atoms with van der Waals surface area (Å²) >= 11 is 0. The van der Waals surface area contributed by atoms with Crippen molar-refractivity contribution in [2.45, 2.75) is 9.79 Å². The van der Waals surface area contributed by atoms with Crippen LogP contribution < -0.4 is 4.74 Å². The second-order valence-corrected chi connectivity index (χ2v) is 6.12. The Hall–Kier alpha value is -2.41. The van der Waals surface area contributed by atoms with E-state index in [9.17, 15) is 9.00 Å². The van der Waals surface area contributed by atoms with Gasteiger partial charge in [-0.05, 0) is 30.3 Å². The maximum Gasteiger partial charge on any atom is 0.337 e. The third-order valence-corrected chi connectivity index (χ3v) is 4.75. The van der Waals surface area contributed by atoms with E-state index in [-0.39, 0.29) is 9.79 Å². The lowest BCUT2D eigenvalue weighted by molar-refractivity contribution is 0.0600. The molecule has 1 atom stereocenters. The zero-order valence-corrected chi connectivity index (χ0v) is 12.3. The van der Waals surface area contributed by atoms with E-state index in [2.05, 4.69) is 9.72 Å². The van der Waals surface area contributed by atoms with E-state index in [1.807, 2.05) is 0 Å². The molecule has 0 aliphatic rings. The number of hydrogen-bond acceptors (Lipinski definition) is 6. The average molecular weight is 306 g/mol. The molecule has 0 bridgehead atoms. The maximum atomic E-state index is 12.8. The van der Waals surface area contributed by atoms with Crippen LogP contribution in [0.1, 0.15) is 10.4 Å². The number of nitrogens with one attached hydrogen (secondary N) is 1. The molecular formula is C14H14N2O4S. The highest BCUT2D eigenvalue weighted by atomic mass is 32.2. The predicted octanol–water partition coefficient (Wildman–Crippen LogP) is 2.34. The van der Waals surface area contributed by atoms with Gasteiger partial charge in [-0.3, -0.25) is 4.98 Å². The standard InChI is InChI=1S/C14H14N2O4S/c1-19-12-7-8-16-9-13(12)21(15,18)11-5-3-10(4-6-11)14(17)20-2/h3-9,15H,1-2H3. The van der Waals surface area contributed by atoms with Gasteiger partial charge in [-0.15, -0.1) is 0 Å². The van der Waals surface area contributed by atoms with Gasteiger partial charge < -0.3 is 9.47 Å². The lowest BCUT2D eigenvalue weighted by Crippen LogP contribution is -2.05. The fourth-order valence-corrected chi connectivity index (χ4v) is 3.20. The number of carbonyl (C=O) groups excluding carboxylic acids is 1. The van der Waals surface area contributed by atoms with Gasteiger partial charge in [-0.2, -0.15) is 0 Å². The summed E-state index contributed by atoms with van der Waals surface area (Å²) in [5, 5.41) is 0. The molecule has 0 fully saturated rings. The number of esters is 1. The molecule has 1 heterocycles. The highest BCUT2D eigenvalue weighted by Gasteiger charge is 2.19. The first-order chi connectivity index (χ1) is 10.0. The topological polar surface area (TPSA) is 89.3 Å². The highest BCUT2D eigenvalue weighted by molar-refractivity contribution is 7.92. The van der Waals surface area contributed by atoms with Gasteiger partial charge in [-0.25, -0.2) is 13.8 Å². The first-order valence-electron chi connectivity index (χ1n) is 5.96. The van der Waals surface area contributed by atoms with Crippen molar-refractivity contribution in [1.82, 2.24) is 4.98 Å². The molecule has 1 aromatic heterocycles. The molecule has 0 aliphatic carbocycles. The van der Waals surface area contributed by atoms with Gasteiger partial charge in [0.2, 0.25) is 0 Å². The minimum Gasteiger partial charge on any atom is -0.495 e. The Kier molecular flexibility index (Phi) is 4.23. The summed E-state index contributed by atoms with van der Waals surface area (Å²) < 4.78 is 30.6. The highest BCUT2D eigenvalue weighted by Crippen LogP contribution is 2.28. The first kappa shape index (κ1) is 15.0. The van der Waals surface area contributed by atoms with E-state index in [1.54, 1.807) is 6.07 Å². The van der Waals surface area contributed by atoms with Gasteiger partial charge in [0.15, 0.2) is 0 Å². The Morgan fingerprint density at radius 3 is 2.43 bits per heavy atom. The molecule has 1 N–H and O–H groups in total. The monoisotopic (exact) mass is 306 g/mol. The number of nitrogens with zero attached hydrogens (tertiary/aromatic N) is 1. The lowest BCUT2D eigenvalue weighted by Gasteiger charge is -2.11. The van der Waals surface area contributed by atoms with E-state index < -0.39 is 15.7 Å². The van der Waals surface area contributed by atoms with Gasteiger partial charge in [0.05, 0.1) is 24.7 Å². The number of aromatic nitrogens is 1. The van der Waals surface area contributed by atoms with E-state index in [4.69, 9.17) is 9.52 Å². The van der Waals surface area contributed by atoms with E-state index in [0.29, 0.717) is 11.3 Å². The molecule has 1 aromatic carbocycles. The van der Waals surface area contributed by atoms with Gasteiger partial charge in [-0.1, -0.05) is 0 Å². The molecule has 0 amide bonds. The van der Waals surface area contributed by atoms with Gasteiger partial charge in [0.25, 0.3) is 0 Å². The average Bonchev–Trinajstić information content (AvgIpc) is 2.54. The van der Waals surface area contributed by atoms with Crippen LogP contribution in [0.15, 0.2) is 52.5 Å². The van der Waals surface area contributed by atoms with Crippen molar-refractivity contribution in [2.24, 2.45) is 0 Å². The number of methoxy groups -OCH3 is 2.